The van der Waals surface area contributed by atoms with E-state index in [1.807, 2.05) is 36.1 Å². The second-order valence-corrected chi connectivity index (χ2v) is 7.49. The van der Waals surface area contributed by atoms with Crippen LogP contribution in [0.5, 0.6) is 5.75 Å². The normalized spacial score (nSPS) is 44.6. The van der Waals surface area contributed by atoms with Crippen LogP contribution in [0.3, 0.4) is 0 Å². The molecule has 2 aliphatic carbocycles. The van der Waals surface area contributed by atoms with Gasteiger partial charge in [-0.25, -0.2) is 0 Å². The maximum Gasteiger partial charge on any atom is 0.233 e. The first-order valence-corrected chi connectivity index (χ1v) is 9.05. The van der Waals surface area contributed by atoms with Crippen molar-refractivity contribution in [2.45, 2.75) is 44.6 Å². The number of carbonyl (C=O) groups excluding carboxylic acids is 1. The zero-order chi connectivity index (χ0) is 16.6. The zero-order valence-corrected chi connectivity index (χ0v) is 14.0. The summed E-state index contributed by atoms with van der Waals surface area (Å²) in [6, 6.07) is 7.71. The van der Waals surface area contributed by atoms with E-state index in [4.69, 9.17) is 9.47 Å². The molecule has 2 aliphatic heterocycles. The Hall–Kier alpha value is -1.59. The molecule has 0 unspecified atom stereocenters. The highest BCUT2D eigenvalue weighted by Crippen LogP contribution is 2.68. The van der Waals surface area contributed by atoms with E-state index in [9.17, 15) is 9.90 Å². The van der Waals surface area contributed by atoms with E-state index < -0.39 is 11.8 Å². The molecule has 5 nitrogen and oxygen atoms in total. The van der Waals surface area contributed by atoms with Crippen molar-refractivity contribution >= 4 is 11.6 Å². The summed E-state index contributed by atoms with van der Waals surface area (Å²) in [6.07, 6.45) is 1.11. The molecule has 1 aromatic carbocycles. The molecule has 7 atom stereocenters. The minimum absolute atomic E-state index is 0.0682. The number of amides is 1. The zero-order valence-electron chi connectivity index (χ0n) is 14.0. The summed E-state index contributed by atoms with van der Waals surface area (Å²) in [5, 5.41) is 10.5. The molecule has 1 N–H and O–H groups in total. The third-order valence-electron chi connectivity index (χ3n) is 6.71. The van der Waals surface area contributed by atoms with Gasteiger partial charge in [0.05, 0.1) is 24.7 Å². The molecular weight excluding hydrogens is 306 g/mol. The lowest BCUT2D eigenvalue weighted by molar-refractivity contribution is -0.133. The van der Waals surface area contributed by atoms with E-state index >= 15 is 0 Å². The standard InChI is InChI=1S/C19H23NO4/c1-3-19-15-13-9-12(16(21)17(13)24-19)14(15)18(22)20(19)10-5-7-11(8-6-10)23-4-2/h5-8,12-17,21H,3-4,9H2,1-2H3/t12-,13-,14-,15+,16-,17+,19-/m1/s1. The second-order valence-electron chi connectivity index (χ2n) is 7.49. The number of anilines is 1. The molecule has 1 amide bonds. The highest BCUT2D eigenvalue weighted by atomic mass is 16.6. The van der Waals surface area contributed by atoms with Crippen molar-refractivity contribution in [3.8, 4) is 5.75 Å². The van der Waals surface area contributed by atoms with Crippen LogP contribution in [0.2, 0.25) is 0 Å². The SMILES string of the molecule is CCOc1ccc(N2C(=O)[C@@H]3[C@H]4C[C@H]5[C@H](O[C@]2(CC)[C@@H]53)[C@@H]4O)cc1. The van der Waals surface area contributed by atoms with E-state index in [-0.39, 0.29) is 29.8 Å². The molecule has 0 radical (unpaired) electrons. The van der Waals surface area contributed by atoms with Gasteiger partial charge in [-0.05, 0) is 55.9 Å². The van der Waals surface area contributed by atoms with Crippen LogP contribution in [-0.4, -0.2) is 35.6 Å². The Labute approximate surface area is 141 Å². The molecule has 0 aromatic heterocycles. The van der Waals surface area contributed by atoms with Gasteiger partial charge in [-0.1, -0.05) is 6.92 Å². The molecule has 128 valence electrons. The molecule has 2 bridgehead atoms. The monoisotopic (exact) mass is 329 g/mol. The molecular formula is C19H23NO4. The topological polar surface area (TPSA) is 59.0 Å². The van der Waals surface area contributed by atoms with Crippen LogP contribution in [0.25, 0.3) is 0 Å². The van der Waals surface area contributed by atoms with Crippen LogP contribution in [0.4, 0.5) is 5.69 Å². The van der Waals surface area contributed by atoms with Crippen molar-refractivity contribution in [2.75, 3.05) is 11.5 Å². The van der Waals surface area contributed by atoms with Crippen LogP contribution in [0.15, 0.2) is 24.3 Å². The number of aliphatic hydroxyl groups is 1. The predicted molar refractivity (Wildman–Crippen MR) is 87.6 cm³/mol. The van der Waals surface area contributed by atoms with Gasteiger partial charge in [0.25, 0.3) is 0 Å². The molecule has 4 aliphatic rings. The van der Waals surface area contributed by atoms with Crippen LogP contribution in [0.1, 0.15) is 26.7 Å². The summed E-state index contributed by atoms with van der Waals surface area (Å²) in [4.78, 5) is 15.1. The highest BCUT2D eigenvalue weighted by Gasteiger charge is 2.77. The molecule has 2 heterocycles. The fourth-order valence-corrected chi connectivity index (χ4v) is 5.97. The Kier molecular flexibility index (Phi) is 2.90. The second kappa shape index (κ2) is 4.73. The molecule has 5 heteroatoms. The van der Waals surface area contributed by atoms with E-state index in [1.165, 1.54) is 0 Å². The third-order valence-corrected chi connectivity index (χ3v) is 6.71. The molecule has 5 rings (SSSR count). The molecule has 2 saturated heterocycles. The number of aliphatic hydroxyl groups excluding tert-OH is 1. The Morgan fingerprint density at radius 3 is 2.71 bits per heavy atom. The van der Waals surface area contributed by atoms with Gasteiger partial charge in [0.15, 0.2) is 5.72 Å². The number of nitrogens with zero attached hydrogens (tertiary/aromatic N) is 1. The largest absolute Gasteiger partial charge is 0.494 e. The van der Waals surface area contributed by atoms with Crippen LogP contribution >= 0.6 is 0 Å². The summed E-state index contributed by atoms with van der Waals surface area (Å²) in [5.74, 6) is 1.46. The Morgan fingerprint density at radius 1 is 1.29 bits per heavy atom. The molecule has 0 spiro atoms. The first-order valence-electron chi connectivity index (χ1n) is 9.05. The van der Waals surface area contributed by atoms with Crippen molar-refractivity contribution in [2.24, 2.45) is 23.7 Å². The number of hydrogen-bond donors (Lipinski definition) is 1. The molecule has 1 aromatic rings. The summed E-state index contributed by atoms with van der Waals surface area (Å²) < 4.78 is 11.9. The van der Waals surface area contributed by atoms with Gasteiger partial charge in [-0.15, -0.1) is 0 Å². The van der Waals surface area contributed by atoms with Crippen LogP contribution in [-0.2, 0) is 9.53 Å². The maximum atomic E-state index is 13.2. The van der Waals surface area contributed by atoms with E-state index in [0.717, 1.165) is 24.3 Å². The number of rotatable bonds is 4. The van der Waals surface area contributed by atoms with Crippen molar-refractivity contribution < 1.29 is 19.4 Å². The lowest BCUT2D eigenvalue weighted by Crippen LogP contribution is -2.50. The van der Waals surface area contributed by atoms with E-state index in [1.54, 1.807) is 0 Å². The minimum Gasteiger partial charge on any atom is -0.494 e. The number of benzene rings is 1. The van der Waals surface area contributed by atoms with E-state index in [0.29, 0.717) is 12.5 Å². The number of hydrogen-bond acceptors (Lipinski definition) is 4. The Bertz CT molecular complexity index is 689. The predicted octanol–water partition coefficient (Wildman–Crippen LogP) is 2.18. The van der Waals surface area contributed by atoms with Gasteiger partial charge in [-0.3, -0.25) is 9.69 Å². The third kappa shape index (κ3) is 1.51. The van der Waals surface area contributed by atoms with Crippen molar-refractivity contribution in [1.29, 1.82) is 0 Å². The summed E-state index contributed by atoms with van der Waals surface area (Å²) >= 11 is 0. The molecule has 24 heavy (non-hydrogen) atoms. The van der Waals surface area contributed by atoms with Gasteiger partial charge in [0.1, 0.15) is 5.75 Å². The smallest absolute Gasteiger partial charge is 0.233 e. The Morgan fingerprint density at radius 2 is 2.04 bits per heavy atom. The summed E-state index contributed by atoms with van der Waals surface area (Å²) in [7, 11) is 0. The number of carbonyl (C=O) groups is 1. The Balaban J connectivity index is 1.57. The van der Waals surface area contributed by atoms with Crippen molar-refractivity contribution in [3.63, 3.8) is 0 Å². The highest BCUT2D eigenvalue weighted by molar-refractivity contribution is 6.00. The van der Waals surface area contributed by atoms with Gasteiger partial charge in [-0.2, -0.15) is 0 Å². The van der Waals surface area contributed by atoms with Gasteiger partial charge in [0, 0.05) is 11.6 Å². The van der Waals surface area contributed by atoms with E-state index in [2.05, 4.69) is 6.92 Å². The van der Waals surface area contributed by atoms with Crippen molar-refractivity contribution in [1.82, 2.24) is 0 Å². The average Bonchev–Trinajstić information content (AvgIpc) is 3.25. The number of fused-ring (bicyclic) bond motifs is 2. The summed E-state index contributed by atoms with van der Waals surface area (Å²) in [6.45, 7) is 4.66. The van der Waals surface area contributed by atoms with Gasteiger partial charge >= 0.3 is 0 Å². The van der Waals surface area contributed by atoms with Crippen molar-refractivity contribution in [3.05, 3.63) is 24.3 Å². The first kappa shape index (κ1) is 14.7. The molecule has 4 fully saturated rings. The maximum absolute atomic E-state index is 13.2. The van der Waals surface area contributed by atoms with Crippen LogP contribution < -0.4 is 9.64 Å². The number of ether oxygens (including phenoxy) is 2. The van der Waals surface area contributed by atoms with Crippen LogP contribution in [0, 0.1) is 23.7 Å². The van der Waals surface area contributed by atoms with Gasteiger partial charge < -0.3 is 14.6 Å². The summed E-state index contributed by atoms with van der Waals surface area (Å²) in [5.41, 5.74) is 0.283. The average molecular weight is 329 g/mol. The fraction of sp³-hybridized carbons (Fsp3) is 0.632. The van der Waals surface area contributed by atoms with Gasteiger partial charge in [0.2, 0.25) is 5.91 Å². The lowest BCUT2D eigenvalue weighted by atomic mass is 9.76. The molecule has 2 saturated carbocycles. The minimum atomic E-state index is -0.587. The fourth-order valence-electron chi connectivity index (χ4n) is 5.97. The lowest BCUT2D eigenvalue weighted by Gasteiger charge is -2.38. The first-order chi connectivity index (χ1) is 11.6. The quantitative estimate of drug-likeness (QED) is 0.920.